The lowest BCUT2D eigenvalue weighted by Gasteiger charge is -2.40. The number of carbonyl (C=O) groups excluding carboxylic acids is 2. The molecule has 2 saturated heterocycles. The molecule has 0 bridgehead atoms. The van der Waals surface area contributed by atoms with E-state index in [1.165, 1.54) is 0 Å². The van der Waals surface area contributed by atoms with E-state index in [9.17, 15) is 9.59 Å². The summed E-state index contributed by atoms with van der Waals surface area (Å²) >= 11 is 0. The summed E-state index contributed by atoms with van der Waals surface area (Å²) in [5.74, 6) is -0.331. The third-order valence-electron chi connectivity index (χ3n) is 5.54. The monoisotopic (exact) mass is 392 g/mol. The topological polar surface area (TPSA) is 102 Å². The van der Waals surface area contributed by atoms with Crippen LogP contribution in [0.3, 0.4) is 0 Å². The average Bonchev–Trinajstić information content (AvgIpc) is 3.13. The van der Waals surface area contributed by atoms with Crippen LogP contribution in [0.4, 0.5) is 0 Å². The van der Waals surface area contributed by atoms with Gasteiger partial charge in [0.25, 0.3) is 5.91 Å². The molecule has 1 N–H and O–H groups in total. The van der Waals surface area contributed by atoms with Crippen molar-refractivity contribution in [3.05, 3.63) is 47.9 Å². The SMILES string of the molecule is Cc1c(C(=O)N2CCC3OCC(=O)NC3C2)nnn1-c1ccc2ncccc2c1. The summed E-state index contributed by atoms with van der Waals surface area (Å²) in [6.45, 7) is 2.88. The van der Waals surface area contributed by atoms with Crippen molar-refractivity contribution in [1.29, 1.82) is 0 Å². The van der Waals surface area contributed by atoms with Crippen LogP contribution in [0.25, 0.3) is 16.6 Å². The zero-order chi connectivity index (χ0) is 20.0. The minimum atomic E-state index is -0.186. The van der Waals surface area contributed by atoms with E-state index < -0.39 is 0 Å². The van der Waals surface area contributed by atoms with Crippen molar-refractivity contribution in [2.75, 3.05) is 19.7 Å². The second-order valence-corrected chi connectivity index (χ2v) is 7.38. The molecule has 2 aliphatic heterocycles. The molecule has 5 rings (SSSR count). The zero-order valence-corrected chi connectivity index (χ0v) is 15.9. The minimum absolute atomic E-state index is 0.0419. The fraction of sp³-hybridized carbons (Fsp3) is 0.350. The van der Waals surface area contributed by atoms with Gasteiger partial charge in [-0.3, -0.25) is 14.6 Å². The van der Waals surface area contributed by atoms with Crippen LogP contribution in [0.1, 0.15) is 22.6 Å². The third-order valence-corrected chi connectivity index (χ3v) is 5.54. The zero-order valence-electron chi connectivity index (χ0n) is 15.9. The van der Waals surface area contributed by atoms with E-state index in [1.807, 2.05) is 37.3 Å². The highest BCUT2D eigenvalue weighted by Crippen LogP contribution is 2.22. The smallest absolute Gasteiger partial charge is 0.276 e. The van der Waals surface area contributed by atoms with Crippen molar-refractivity contribution in [3.63, 3.8) is 0 Å². The maximum Gasteiger partial charge on any atom is 0.276 e. The predicted molar refractivity (Wildman–Crippen MR) is 104 cm³/mol. The van der Waals surface area contributed by atoms with E-state index in [2.05, 4.69) is 20.6 Å². The van der Waals surface area contributed by atoms with Gasteiger partial charge in [0, 0.05) is 24.7 Å². The molecular formula is C20H20N6O3. The van der Waals surface area contributed by atoms with Crippen molar-refractivity contribution in [2.24, 2.45) is 0 Å². The molecule has 9 heteroatoms. The molecule has 9 nitrogen and oxygen atoms in total. The number of likely N-dealkylation sites (tertiary alicyclic amines) is 1. The lowest BCUT2D eigenvalue weighted by molar-refractivity contribution is -0.139. The van der Waals surface area contributed by atoms with Gasteiger partial charge in [-0.1, -0.05) is 11.3 Å². The number of benzene rings is 1. The Morgan fingerprint density at radius 3 is 3.10 bits per heavy atom. The molecule has 148 valence electrons. The van der Waals surface area contributed by atoms with Gasteiger partial charge in [-0.15, -0.1) is 5.10 Å². The second-order valence-electron chi connectivity index (χ2n) is 7.38. The molecule has 3 aromatic rings. The molecule has 2 aromatic heterocycles. The van der Waals surface area contributed by atoms with Crippen molar-refractivity contribution >= 4 is 22.7 Å². The number of piperidine rings is 1. The van der Waals surface area contributed by atoms with Gasteiger partial charge in [0.1, 0.15) is 6.61 Å². The molecule has 2 fully saturated rings. The Balaban J connectivity index is 1.40. The van der Waals surface area contributed by atoms with Crippen LogP contribution in [-0.2, 0) is 9.53 Å². The van der Waals surface area contributed by atoms with Crippen molar-refractivity contribution in [3.8, 4) is 5.69 Å². The van der Waals surface area contributed by atoms with Gasteiger partial charge in [-0.05, 0) is 37.6 Å². The van der Waals surface area contributed by atoms with Crippen LogP contribution in [0.5, 0.6) is 0 Å². The molecule has 1 aromatic carbocycles. The van der Waals surface area contributed by atoms with E-state index in [-0.39, 0.29) is 30.6 Å². The summed E-state index contributed by atoms with van der Waals surface area (Å²) in [6, 6.07) is 9.48. The summed E-state index contributed by atoms with van der Waals surface area (Å²) in [7, 11) is 0. The molecule has 0 aliphatic carbocycles. The Labute approximate surface area is 166 Å². The number of amides is 2. The van der Waals surface area contributed by atoms with E-state index in [4.69, 9.17) is 4.74 Å². The minimum Gasteiger partial charge on any atom is -0.366 e. The highest BCUT2D eigenvalue weighted by atomic mass is 16.5. The highest BCUT2D eigenvalue weighted by Gasteiger charge is 2.37. The Kier molecular flexibility index (Phi) is 4.24. The number of ether oxygens (including phenoxy) is 1. The van der Waals surface area contributed by atoms with Crippen LogP contribution in [0.15, 0.2) is 36.5 Å². The number of pyridine rings is 1. The fourth-order valence-corrected chi connectivity index (χ4v) is 4.00. The molecule has 0 saturated carbocycles. The van der Waals surface area contributed by atoms with Gasteiger partial charge in [-0.25, -0.2) is 4.68 Å². The normalized spacial score (nSPS) is 21.7. The number of hydrogen-bond acceptors (Lipinski definition) is 6. The quantitative estimate of drug-likeness (QED) is 0.694. The maximum atomic E-state index is 13.1. The number of carbonyl (C=O) groups is 2. The number of rotatable bonds is 2. The number of nitrogens with one attached hydrogen (secondary N) is 1. The Bertz CT molecular complexity index is 1110. The fourth-order valence-electron chi connectivity index (χ4n) is 4.00. The molecule has 0 radical (unpaired) electrons. The molecular weight excluding hydrogens is 372 g/mol. The van der Waals surface area contributed by atoms with Crippen LogP contribution in [-0.4, -0.2) is 68.5 Å². The van der Waals surface area contributed by atoms with Gasteiger partial charge < -0.3 is 15.0 Å². The Morgan fingerprint density at radius 2 is 2.21 bits per heavy atom. The molecule has 2 aliphatic rings. The summed E-state index contributed by atoms with van der Waals surface area (Å²) in [4.78, 5) is 30.7. The van der Waals surface area contributed by atoms with Crippen LogP contribution < -0.4 is 5.32 Å². The van der Waals surface area contributed by atoms with Crippen molar-refractivity contribution in [1.82, 2.24) is 30.2 Å². The average molecular weight is 392 g/mol. The molecule has 2 amide bonds. The largest absolute Gasteiger partial charge is 0.366 e. The lowest BCUT2D eigenvalue weighted by Crippen LogP contribution is -2.61. The number of aromatic nitrogens is 4. The first-order chi connectivity index (χ1) is 14.1. The molecule has 4 heterocycles. The summed E-state index contributed by atoms with van der Waals surface area (Å²) in [5, 5.41) is 12.3. The van der Waals surface area contributed by atoms with Crippen LogP contribution in [0, 0.1) is 6.92 Å². The van der Waals surface area contributed by atoms with Crippen molar-refractivity contribution < 1.29 is 14.3 Å². The first-order valence-corrected chi connectivity index (χ1v) is 9.58. The third kappa shape index (κ3) is 3.13. The summed E-state index contributed by atoms with van der Waals surface area (Å²) in [5.41, 5.74) is 2.70. The van der Waals surface area contributed by atoms with E-state index in [0.29, 0.717) is 30.9 Å². The molecule has 0 spiro atoms. The second kappa shape index (κ2) is 6.93. The van der Waals surface area contributed by atoms with Crippen molar-refractivity contribution in [2.45, 2.75) is 25.5 Å². The lowest BCUT2D eigenvalue weighted by atomic mass is 10.00. The van der Waals surface area contributed by atoms with Gasteiger partial charge in [0.2, 0.25) is 5.91 Å². The number of morpholine rings is 1. The summed E-state index contributed by atoms with van der Waals surface area (Å²) < 4.78 is 7.23. The first-order valence-electron chi connectivity index (χ1n) is 9.58. The summed E-state index contributed by atoms with van der Waals surface area (Å²) in [6.07, 6.45) is 2.39. The number of fused-ring (bicyclic) bond motifs is 2. The van der Waals surface area contributed by atoms with Gasteiger partial charge in [0.05, 0.1) is 29.0 Å². The molecule has 2 atom stereocenters. The maximum absolute atomic E-state index is 13.1. The van der Waals surface area contributed by atoms with E-state index >= 15 is 0 Å². The first kappa shape index (κ1) is 17.7. The van der Waals surface area contributed by atoms with Crippen LogP contribution >= 0.6 is 0 Å². The Hall–Kier alpha value is -3.33. The molecule has 2 unspecified atom stereocenters. The van der Waals surface area contributed by atoms with E-state index in [0.717, 1.165) is 16.6 Å². The Morgan fingerprint density at radius 1 is 1.31 bits per heavy atom. The van der Waals surface area contributed by atoms with Gasteiger partial charge >= 0.3 is 0 Å². The van der Waals surface area contributed by atoms with Gasteiger partial charge in [0.15, 0.2) is 5.69 Å². The number of nitrogens with zero attached hydrogens (tertiary/aromatic N) is 5. The van der Waals surface area contributed by atoms with Crippen LogP contribution in [0.2, 0.25) is 0 Å². The molecule has 29 heavy (non-hydrogen) atoms. The van der Waals surface area contributed by atoms with E-state index in [1.54, 1.807) is 15.8 Å². The highest BCUT2D eigenvalue weighted by molar-refractivity contribution is 5.93. The standard InChI is InChI=1S/C20H20N6O3/c1-12-19(20(28)25-8-6-17-16(10-25)22-18(27)11-29-17)23-24-26(12)14-4-5-15-13(9-14)3-2-7-21-15/h2-5,7,9,16-17H,6,8,10-11H2,1H3,(H,22,27). The predicted octanol–water partition coefficient (Wildman–Crippen LogP) is 0.853. The van der Waals surface area contributed by atoms with Gasteiger partial charge in [-0.2, -0.15) is 0 Å². The number of hydrogen-bond donors (Lipinski definition) is 1.